The van der Waals surface area contributed by atoms with E-state index in [0.29, 0.717) is 31.4 Å². The first-order valence-corrected chi connectivity index (χ1v) is 15.9. The van der Waals surface area contributed by atoms with Crippen molar-refractivity contribution >= 4 is 28.0 Å². The lowest BCUT2D eigenvalue weighted by molar-refractivity contribution is 0.0276. The van der Waals surface area contributed by atoms with Crippen molar-refractivity contribution in [2.75, 3.05) is 11.8 Å². The summed E-state index contributed by atoms with van der Waals surface area (Å²) in [5.74, 6) is -0.231. The number of sulfonamides is 1. The van der Waals surface area contributed by atoms with Crippen LogP contribution in [0.5, 0.6) is 5.88 Å². The molecule has 3 aromatic rings. The lowest BCUT2D eigenvalue weighted by Gasteiger charge is -2.42. The summed E-state index contributed by atoms with van der Waals surface area (Å²) >= 11 is 0. The lowest BCUT2D eigenvalue weighted by Crippen LogP contribution is -2.53. The standard InChI is InChI=1S/C31H37N5O6S/c1-18-8-6-9-19(2)28(18)26-17-27-34-30(33-26)35-43(39,40)25-11-7-10-22(16-25)29(37)36(20(3)21(4)42-27)24-14-12-23(13-15-24)32-31(38)41-5/h6-11,16-17,20-21,23-24H,12-15H2,1-5H3,(H,32,38)(H,33,34,35)/t20-,21+,23?,24?/m1/s1. The van der Waals surface area contributed by atoms with Gasteiger partial charge >= 0.3 is 6.09 Å². The molecule has 12 heteroatoms. The van der Waals surface area contributed by atoms with E-state index < -0.39 is 28.3 Å². The Morgan fingerprint density at radius 1 is 1.02 bits per heavy atom. The molecule has 1 saturated carbocycles. The number of anilines is 1. The highest BCUT2D eigenvalue weighted by Gasteiger charge is 2.36. The number of amides is 2. The van der Waals surface area contributed by atoms with Gasteiger partial charge in [-0.2, -0.15) is 4.98 Å². The van der Waals surface area contributed by atoms with Gasteiger partial charge in [0.25, 0.3) is 15.9 Å². The second-order valence-corrected chi connectivity index (χ2v) is 12.9. The average Bonchev–Trinajstić information content (AvgIpc) is 2.97. The van der Waals surface area contributed by atoms with Crippen molar-refractivity contribution in [1.29, 1.82) is 0 Å². The number of ether oxygens (including phenoxy) is 2. The van der Waals surface area contributed by atoms with Gasteiger partial charge in [-0.25, -0.2) is 22.9 Å². The Labute approximate surface area is 252 Å². The predicted octanol–water partition coefficient (Wildman–Crippen LogP) is 4.84. The SMILES string of the molecule is COC(=O)NC1CCC(N2C(=O)c3cccc(c3)S(=O)(=O)Nc3nc(cc(-c4c(C)cccc4C)n3)O[C@@H](C)[C@H]2C)CC1. The summed E-state index contributed by atoms with van der Waals surface area (Å²) in [5, 5.41) is 2.85. The zero-order chi connectivity index (χ0) is 30.9. The van der Waals surface area contributed by atoms with Gasteiger partial charge in [0.05, 0.1) is 23.7 Å². The molecule has 1 aromatic heterocycles. The number of fused-ring (bicyclic) bond motifs is 4. The fraction of sp³-hybridized carbons (Fsp3) is 0.419. The quantitative estimate of drug-likeness (QED) is 0.431. The summed E-state index contributed by atoms with van der Waals surface area (Å²) in [7, 11) is -2.82. The van der Waals surface area contributed by atoms with Crippen LogP contribution >= 0.6 is 0 Å². The van der Waals surface area contributed by atoms with Gasteiger partial charge in [-0.15, -0.1) is 0 Å². The van der Waals surface area contributed by atoms with E-state index in [1.165, 1.54) is 19.2 Å². The summed E-state index contributed by atoms with van der Waals surface area (Å²) in [5.41, 5.74) is 3.57. The number of hydrogen-bond donors (Lipinski definition) is 2. The third kappa shape index (κ3) is 6.43. The van der Waals surface area contributed by atoms with Crippen molar-refractivity contribution in [1.82, 2.24) is 20.2 Å². The molecule has 43 heavy (non-hydrogen) atoms. The highest BCUT2D eigenvalue weighted by molar-refractivity contribution is 7.92. The number of nitrogens with one attached hydrogen (secondary N) is 2. The van der Waals surface area contributed by atoms with E-state index in [0.717, 1.165) is 16.7 Å². The summed E-state index contributed by atoms with van der Waals surface area (Å²) < 4.78 is 40.6. The summed E-state index contributed by atoms with van der Waals surface area (Å²) in [6.45, 7) is 7.73. The summed E-state index contributed by atoms with van der Waals surface area (Å²) in [6.07, 6.45) is 1.63. The van der Waals surface area contributed by atoms with Gasteiger partial charge in [-0.05, 0) is 82.7 Å². The Kier molecular flexibility index (Phi) is 8.59. The number of nitrogens with zero attached hydrogens (tertiary/aromatic N) is 3. The molecule has 0 saturated heterocycles. The molecular weight excluding hydrogens is 570 g/mol. The molecule has 2 N–H and O–H groups in total. The topological polar surface area (TPSA) is 140 Å². The minimum Gasteiger partial charge on any atom is -0.472 e. The number of benzene rings is 2. The van der Waals surface area contributed by atoms with Gasteiger partial charge in [0.15, 0.2) is 0 Å². The number of methoxy groups -OCH3 is 1. The fourth-order valence-electron chi connectivity index (χ4n) is 5.92. The number of carbonyl (C=O) groups excluding carboxylic acids is 2. The van der Waals surface area contributed by atoms with Crippen LogP contribution in [0.25, 0.3) is 11.3 Å². The van der Waals surface area contributed by atoms with Crippen LogP contribution in [0.1, 0.15) is 61.0 Å². The van der Waals surface area contributed by atoms with Crippen LogP contribution in [0.4, 0.5) is 10.7 Å². The lowest BCUT2D eigenvalue weighted by atomic mass is 9.88. The normalized spacial score (nSPS) is 23.5. The minimum absolute atomic E-state index is 0.0546. The molecule has 11 nitrogen and oxygen atoms in total. The predicted molar refractivity (Wildman–Crippen MR) is 161 cm³/mol. The van der Waals surface area contributed by atoms with Gasteiger partial charge in [-0.3, -0.25) is 4.79 Å². The fourth-order valence-corrected chi connectivity index (χ4v) is 6.91. The molecule has 0 unspecified atom stereocenters. The molecular formula is C31H37N5O6S. The third-order valence-electron chi connectivity index (χ3n) is 8.31. The van der Waals surface area contributed by atoms with Gasteiger partial charge < -0.3 is 19.7 Å². The molecule has 228 valence electrons. The Morgan fingerprint density at radius 2 is 1.70 bits per heavy atom. The minimum atomic E-state index is -4.15. The highest BCUT2D eigenvalue weighted by Crippen LogP contribution is 2.32. The van der Waals surface area contributed by atoms with E-state index >= 15 is 0 Å². The molecule has 5 rings (SSSR count). The van der Waals surface area contributed by atoms with E-state index in [2.05, 4.69) is 20.0 Å². The third-order valence-corrected chi connectivity index (χ3v) is 9.64. The maximum Gasteiger partial charge on any atom is 0.407 e. The van der Waals surface area contributed by atoms with Crippen molar-refractivity contribution in [3.63, 3.8) is 0 Å². The molecule has 0 spiro atoms. The van der Waals surface area contributed by atoms with Gasteiger partial charge in [-0.1, -0.05) is 24.3 Å². The molecule has 2 aromatic carbocycles. The summed E-state index contributed by atoms with van der Waals surface area (Å²) in [4.78, 5) is 36.6. The van der Waals surface area contributed by atoms with Crippen LogP contribution in [0, 0.1) is 13.8 Å². The van der Waals surface area contributed by atoms with Crippen LogP contribution in [-0.2, 0) is 14.8 Å². The molecule has 2 atom stereocenters. The molecule has 2 amide bonds. The van der Waals surface area contributed by atoms with Crippen molar-refractivity contribution in [2.24, 2.45) is 0 Å². The maximum absolute atomic E-state index is 14.1. The zero-order valence-electron chi connectivity index (χ0n) is 25.0. The van der Waals surface area contributed by atoms with Crippen LogP contribution in [0.3, 0.4) is 0 Å². The van der Waals surface area contributed by atoms with Gasteiger partial charge in [0, 0.05) is 29.3 Å². The first-order chi connectivity index (χ1) is 20.5. The Balaban J connectivity index is 1.57. The average molecular weight is 608 g/mol. The Hall–Kier alpha value is -4.19. The van der Waals surface area contributed by atoms with Crippen LogP contribution in [0.2, 0.25) is 0 Å². The number of aromatic nitrogens is 2. The molecule has 1 aliphatic carbocycles. The van der Waals surface area contributed by atoms with Crippen molar-refractivity contribution < 1.29 is 27.5 Å². The molecule has 0 radical (unpaired) electrons. The van der Waals surface area contributed by atoms with Gasteiger partial charge in [0.2, 0.25) is 11.8 Å². The zero-order valence-corrected chi connectivity index (χ0v) is 25.8. The van der Waals surface area contributed by atoms with E-state index in [4.69, 9.17) is 9.47 Å². The largest absolute Gasteiger partial charge is 0.472 e. The highest BCUT2D eigenvalue weighted by atomic mass is 32.2. The second kappa shape index (κ2) is 12.2. The van der Waals surface area contributed by atoms with Crippen molar-refractivity contribution in [3.8, 4) is 17.1 Å². The second-order valence-electron chi connectivity index (χ2n) is 11.2. The molecule has 1 aliphatic heterocycles. The van der Waals surface area contributed by atoms with Gasteiger partial charge in [0.1, 0.15) is 6.10 Å². The van der Waals surface area contributed by atoms with E-state index in [1.807, 2.05) is 45.9 Å². The Morgan fingerprint density at radius 3 is 2.37 bits per heavy atom. The smallest absolute Gasteiger partial charge is 0.407 e. The number of alkyl carbamates (subject to hydrolysis) is 1. The number of rotatable bonds is 3. The number of carbonyl (C=O) groups is 2. The van der Waals surface area contributed by atoms with E-state index in [1.54, 1.807) is 23.1 Å². The first-order valence-electron chi connectivity index (χ1n) is 14.4. The van der Waals surface area contributed by atoms with E-state index in [9.17, 15) is 18.0 Å². The Bertz CT molecular complexity index is 1620. The van der Waals surface area contributed by atoms with E-state index in [-0.39, 0.29) is 40.3 Å². The van der Waals surface area contributed by atoms with Crippen LogP contribution in [0.15, 0.2) is 53.4 Å². The summed E-state index contributed by atoms with van der Waals surface area (Å²) in [6, 6.07) is 13.0. The molecule has 1 fully saturated rings. The first kappa shape index (κ1) is 30.3. The molecule has 4 bridgehead atoms. The molecule has 2 heterocycles. The monoisotopic (exact) mass is 607 g/mol. The van der Waals surface area contributed by atoms with Crippen LogP contribution < -0.4 is 14.8 Å². The maximum atomic E-state index is 14.1. The number of hydrogen-bond acceptors (Lipinski definition) is 8. The van der Waals surface area contributed by atoms with Crippen molar-refractivity contribution in [3.05, 3.63) is 65.2 Å². The van der Waals surface area contributed by atoms with Crippen molar-refractivity contribution in [2.45, 2.75) is 82.5 Å². The molecule has 2 aliphatic rings. The number of aryl methyl sites for hydroxylation is 2. The van der Waals surface area contributed by atoms with Crippen LogP contribution in [-0.4, -0.2) is 66.6 Å².